The number of hydrogen-bond donors (Lipinski definition) is 1. The summed E-state index contributed by atoms with van der Waals surface area (Å²) in [7, 11) is 0. The number of amides is 1. The van der Waals surface area contributed by atoms with Crippen LogP contribution < -0.4 is 5.32 Å². The van der Waals surface area contributed by atoms with E-state index in [2.05, 4.69) is 44.5 Å². The van der Waals surface area contributed by atoms with Gasteiger partial charge in [0.05, 0.1) is 6.20 Å². The molecule has 5 nitrogen and oxygen atoms in total. The molecule has 0 radical (unpaired) electrons. The predicted molar refractivity (Wildman–Crippen MR) is 88.8 cm³/mol. The van der Waals surface area contributed by atoms with E-state index in [4.69, 9.17) is 0 Å². The van der Waals surface area contributed by atoms with Gasteiger partial charge in [-0.3, -0.25) is 14.7 Å². The fourth-order valence-corrected chi connectivity index (χ4v) is 2.83. The van der Waals surface area contributed by atoms with Gasteiger partial charge in [0.25, 0.3) is 5.91 Å². The number of piperidine rings is 1. The Bertz CT molecular complexity index is 621. The van der Waals surface area contributed by atoms with Gasteiger partial charge in [-0.2, -0.15) is 0 Å². The fraction of sp³-hybridized carbons (Fsp3) is 0.389. The van der Waals surface area contributed by atoms with Crippen LogP contribution in [0, 0.1) is 0 Å². The highest BCUT2D eigenvalue weighted by molar-refractivity contribution is 5.91. The number of carbonyl (C=O) groups excluding carboxylic acids is 1. The van der Waals surface area contributed by atoms with Crippen LogP contribution in [0.5, 0.6) is 0 Å². The molecule has 2 aromatic rings. The number of rotatable bonds is 5. The van der Waals surface area contributed by atoms with Crippen LogP contribution in [0.4, 0.5) is 0 Å². The second-order valence-electron chi connectivity index (χ2n) is 5.93. The van der Waals surface area contributed by atoms with Crippen molar-refractivity contribution < 1.29 is 4.79 Å². The largest absolute Gasteiger partial charge is 0.347 e. The highest BCUT2D eigenvalue weighted by Crippen LogP contribution is 2.13. The standard InChI is InChI=1S/C18H22N4O/c23-18(17-13-19-8-9-20-17)21-12-15-4-6-16(7-5-15)14-22-10-2-1-3-11-22/h4-9,13H,1-3,10-12,14H2,(H,21,23). The van der Waals surface area contributed by atoms with Crippen LogP contribution in [0.15, 0.2) is 42.9 Å². The average Bonchev–Trinajstić information content (AvgIpc) is 2.62. The van der Waals surface area contributed by atoms with Crippen LogP contribution in [-0.4, -0.2) is 33.9 Å². The van der Waals surface area contributed by atoms with Gasteiger partial charge in [0.15, 0.2) is 0 Å². The molecule has 0 atom stereocenters. The minimum atomic E-state index is -0.199. The van der Waals surface area contributed by atoms with E-state index < -0.39 is 0 Å². The lowest BCUT2D eigenvalue weighted by Crippen LogP contribution is -2.29. The average molecular weight is 310 g/mol. The van der Waals surface area contributed by atoms with Crippen molar-refractivity contribution in [2.75, 3.05) is 13.1 Å². The van der Waals surface area contributed by atoms with Crippen molar-refractivity contribution in [3.63, 3.8) is 0 Å². The summed E-state index contributed by atoms with van der Waals surface area (Å²) in [6.45, 7) is 3.93. The van der Waals surface area contributed by atoms with Crippen LogP contribution in [0.2, 0.25) is 0 Å². The Morgan fingerprint density at radius 3 is 2.48 bits per heavy atom. The molecule has 0 saturated carbocycles. The first-order chi connectivity index (χ1) is 11.3. The molecular weight excluding hydrogens is 288 g/mol. The molecule has 2 heterocycles. The van der Waals surface area contributed by atoms with Crippen molar-refractivity contribution in [3.05, 3.63) is 59.7 Å². The molecular formula is C18H22N4O. The monoisotopic (exact) mass is 310 g/mol. The molecule has 23 heavy (non-hydrogen) atoms. The third-order valence-electron chi connectivity index (χ3n) is 4.13. The van der Waals surface area contributed by atoms with Gasteiger partial charge in [0.1, 0.15) is 5.69 Å². The lowest BCUT2D eigenvalue weighted by atomic mass is 10.1. The van der Waals surface area contributed by atoms with E-state index in [0.717, 1.165) is 12.1 Å². The highest BCUT2D eigenvalue weighted by Gasteiger charge is 2.10. The van der Waals surface area contributed by atoms with Crippen molar-refractivity contribution in [1.82, 2.24) is 20.2 Å². The molecule has 1 amide bonds. The molecule has 5 heteroatoms. The Balaban J connectivity index is 1.50. The topological polar surface area (TPSA) is 58.1 Å². The quantitative estimate of drug-likeness (QED) is 0.921. The zero-order valence-electron chi connectivity index (χ0n) is 13.2. The highest BCUT2D eigenvalue weighted by atomic mass is 16.1. The Kier molecular flexibility index (Phi) is 5.32. The Morgan fingerprint density at radius 2 is 1.78 bits per heavy atom. The second kappa shape index (κ2) is 7.83. The molecule has 120 valence electrons. The van der Waals surface area contributed by atoms with Gasteiger partial charge in [-0.05, 0) is 37.1 Å². The Hall–Kier alpha value is -2.27. The summed E-state index contributed by atoms with van der Waals surface area (Å²) < 4.78 is 0. The van der Waals surface area contributed by atoms with Gasteiger partial charge < -0.3 is 5.32 Å². The van der Waals surface area contributed by atoms with Crippen LogP contribution in [0.1, 0.15) is 40.9 Å². The lowest BCUT2D eigenvalue weighted by molar-refractivity contribution is 0.0945. The summed E-state index contributed by atoms with van der Waals surface area (Å²) >= 11 is 0. The number of nitrogens with one attached hydrogen (secondary N) is 1. The van der Waals surface area contributed by atoms with Crippen molar-refractivity contribution in [1.29, 1.82) is 0 Å². The van der Waals surface area contributed by atoms with E-state index in [1.54, 1.807) is 6.20 Å². The molecule has 1 saturated heterocycles. The van der Waals surface area contributed by atoms with Gasteiger partial charge in [-0.1, -0.05) is 30.7 Å². The van der Waals surface area contributed by atoms with Gasteiger partial charge in [-0.15, -0.1) is 0 Å². The van der Waals surface area contributed by atoms with Crippen LogP contribution >= 0.6 is 0 Å². The number of hydrogen-bond acceptors (Lipinski definition) is 4. The second-order valence-corrected chi connectivity index (χ2v) is 5.93. The summed E-state index contributed by atoms with van der Waals surface area (Å²) in [5.74, 6) is -0.199. The predicted octanol–water partition coefficient (Wildman–Crippen LogP) is 2.39. The number of likely N-dealkylation sites (tertiary alicyclic amines) is 1. The first-order valence-corrected chi connectivity index (χ1v) is 8.16. The van der Waals surface area contributed by atoms with Crippen LogP contribution in [0.3, 0.4) is 0 Å². The number of carbonyl (C=O) groups is 1. The van der Waals surface area contributed by atoms with Gasteiger partial charge in [-0.25, -0.2) is 4.98 Å². The summed E-state index contributed by atoms with van der Waals surface area (Å²) in [5, 5.41) is 2.86. The zero-order chi connectivity index (χ0) is 15.9. The van der Waals surface area contributed by atoms with Crippen molar-refractivity contribution in [2.24, 2.45) is 0 Å². The summed E-state index contributed by atoms with van der Waals surface area (Å²) in [4.78, 5) is 22.3. The molecule has 0 spiro atoms. The molecule has 1 aliphatic rings. The Morgan fingerprint density at radius 1 is 1.04 bits per heavy atom. The first kappa shape index (κ1) is 15.6. The number of nitrogens with zero attached hydrogens (tertiary/aromatic N) is 3. The van der Waals surface area contributed by atoms with Gasteiger partial charge in [0, 0.05) is 25.5 Å². The van der Waals surface area contributed by atoms with E-state index in [0.29, 0.717) is 12.2 Å². The van der Waals surface area contributed by atoms with Crippen molar-refractivity contribution >= 4 is 5.91 Å². The SMILES string of the molecule is O=C(NCc1ccc(CN2CCCCC2)cc1)c1cnccn1. The van der Waals surface area contributed by atoms with E-state index in [9.17, 15) is 4.79 Å². The minimum absolute atomic E-state index is 0.199. The zero-order valence-corrected chi connectivity index (χ0v) is 13.2. The van der Waals surface area contributed by atoms with Crippen LogP contribution in [-0.2, 0) is 13.1 Å². The molecule has 1 aromatic carbocycles. The minimum Gasteiger partial charge on any atom is -0.347 e. The maximum atomic E-state index is 11.9. The van der Waals surface area contributed by atoms with Gasteiger partial charge in [0.2, 0.25) is 0 Å². The van der Waals surface area contributed by atoms with E-state index >= 15 is 0 Å². The Labute approximate surface area is 136 Å². The lowest BCUT2D eigenvalue weighted by Gasteiger charge is -2.26. The molecule has 1 N–H and O–H groups in total. The van der Waals surface area contributed by atoms with Crippen molar-refractivity contribution in [2.45, 2.75) is 32.4 Å². The van der Waals surface area contributed by atoms with E-state index in [1.807, 2.05) is 0 Å². The van der Waals surface area contributed by atoms with Crippen molar-refractivity contribution in [3.8, 4) is 0 Å². The molecule has 0 bridgehead atoms. The normalized spacial score (nSPS) is 15.3. The van der Waals surface area contributed by atoms with Crippen LogP contribution in [0.25, 0.3) is 0 Å². The first-order valence-electron chi connectivity index (χ1n) is 8.16. The molecule has 0 aliphatic carbocycles. The molecule has 1 aliphatic heterocycles. The third kappa shape index (κ3) is 4.60. The summed E-state index contributed by atoms with van der Waals surface area (Å²) in [6.07, 6.45) is 8.53. The number of aromatic nitrogens is 2. The molecule has 1 fully saturated rings. The summed E-state index contributed by atoms with van der Waals surface area (Å²) in [6, 6.07) is 8.46. The maximum Gasteiger partial charge on any atom is 0.271 e. The number of benzene rings is 1. The summed E-state index contributed by atoms with van der Waals surface area (Å²) in [5.41, 5.74) is 2.76. The van der Waals surface area contributed by atoms with E-state index in [1.165, 1.54) is 50.3 Å². The molecule has 3 rings (SSSR count). The van der Waals surface area contributed by atoms with Gasteiger partial charge >= 0.3 is 0 Å². The molecule has 1 aromatic heterocycles. The van der Waals surface area contributed by atoms with E-state index in [-0.39, 0.29) is 5.91 Å². The third-order valence-corrected chi connectivity index (χ3v) is 4.13. The molecule has 0 unspecified atom stereocenters. The smallest absolute Gasteiger partial charge is 0.271 e. The maximum absolute atomic E-state index is 11.9. The fourth-order valence-electron chi connectivity index (χ4n) is 2.83.